The first kappa shape index (κ1) is 15.1. The molecule has 0 amide bonds. The van der Waals surface area contributed by atoms with Gasteiger partial charge in [0, 0.05) is 5.56 Å². The molecule has 0 aliphatic rings. The average Bonchev–Trinajstić information content (AvgIpc) is 2.53. The molecule has 1 N–H and O–H groups in total. The zero-order valence-electron chi connectivity index (χ0n) is 12.1. The Balaban J connectivity index is 2.14. The molecule has 2 rings (SSSR count). The van der Waals surface area contributed by atoms with E-state index in [9.17, 15) is 9.90 Å². The van der Waals surface area contributed by atoms with Gasteiger partial charge in [-0.25, -0.2) is 0 Å². The average molecular weight is 286 g/mol. The van der Waals surface area contributed by atoms with Crippen LogP contribution in [0.25, 0.3) is 0 Å². The Kier molecular flexibility index (Phi) is 4.60. The highest BCUT2D eigenvalue weighted by Crippen LogP contribution is 2.30. The lowest BCUT2D eigenvalue weighted by Crippen LogP contribution is -2.29. The van der Waals surface area contributed by atoms with E-state index < -0.39 is 5.60 Å². The summed E-state index contributed by atoms with van der Waals surface area (Å²) in [6.07, 6.45) is 0.742. The van der Waals surface area contributed by atoms with Gasteiger partial charge in [0.2, 0.25) is 0 Å². The van der Waals surface area contributed by atoms with Gasteiger partial charge in [0.25, 0.3) is 0 Å². The normalized spacial score (nSPS) is 13.3. The Hall–Kier alpha value is -2.33. The van der Waals surface area contributed by atoms with Gasteiger partial charge in [0.15, 0.2) is 11.5 Å². The first-order chi connectivity index (χ1) is 10.1. The molecule has 2 aromatic carbocycles. The second-order valence-corrected chi connectivity index (χ2v) is 4.96. The molecule has 1 atom stereocenters. The monoisotopic (exact) mass is 286 g/mol. The number of carbonyl (C=O) groups excluding carboxylic acids is 1. The summed E-state index contributed by atoms with van der Waals surface area (Å²) in [5.41, 5.74) is 0.165. The van der Waals surface area contributed by atoms with Crippen LogP contribution in [0.15, 0.2) is 48.5 Å². The Morgan fingerprint density at radius 1 is 1.14 bits per heavy atom. The third kappa shape index (κ3) is 3.61. The first-order valence-corrected chi connectivity index (χ1v) is 6.61. The van der Waals surface area contributed by atoms with Crippen LogP contribution in [0.4, 0.5) is 0 Å². The predicted molar refractivity (Wildman–Crippen MR) is 79.9 cm³/mol. The van der Waals surface area contributed by atoms with Crippen molar-refractivity contribution in [2.24, 2.45) is 0 Å². The fourth-order valence-electron chi connectivity index (χ4n) is 1.98. The van der Waals surface area contributed by atoms with Crippen LogP contribution in [-0.4, -0.2) is 25.1 Å². The molecule has 110 valence electrons. The van der Waals surface area contributed by atoms with Crippen LogP contribution in [0.1, 0.15) is 22.8 Å². The largest absolute Gasteiger partial charge is 0.493 e. The van der Waals surface area contributed by atoms with Crippen LogP contribution < -0.4 is 9.47 Å². The van der Waals surface area contributed by atoms with Crippen LogP contribution >= 0.6 is 0 Å². The molecule has 0 bridgehead atoms. The van der Waals surface area contributed by atoms with E-state index in [0.717, 1.165) is 11.8 Å². The number of carbonyl (C=O) groups is 1. The zero-order valence-corrected chi connectivity index (χ0v) is 12.1. The maximum Gasteiger partial charge on any atom is 0.161 e. The van der Waals surface area contributed by atoms with Gasteiger partial charge in [-0.2, -0.15) is 0 Å². The van der Waals surface area contributed by atoms with Crippen molar-refractivity contribution >= 4 is 6.29 Å². The van der Waals surface area contributed by atoms with E-state index in [0.29, 0.717) is 17.1 Å². The van der Waals surface area contributed by atoms with Gasteiger partial charge in [-0.3, -0.25) is 4.79 Å². The number of hydrogen-bond acceptors (Lipinski definition) is 4. The topological polar surface area (TPSA) is 55.8 Å². The van der Waals surface area contributed by atoms with E-state index in [1.165, 1.54) is 7.11 Å². The van der Waals surface area contributed by atoms with Crippen molar-refractivity contribution in [1.29, 1.82) is 0 Å². The van der Waals surface area contributed by atoms with Crippen molar-refractivity contribution in [2.45, 2.75) is 12.5 Å². The number of methoxy groups -OCH3 is 1. The van der Waals surface area contributed by atoms with Gasteiger partial charge in [-0.15, -0.1) is 0 Å². The summed E-state index contributed by atoms with van der Waals surface area (Å²) in [7, 11) is 1.51. The van der Waals surface area contributed by atoms with Crippen molar-refractivity contribution < 1.29 is 19.4 Å². The molecule has 0 aliphatic carbocycles. The van der Waals surface area contributed by atoms with Gasteiger partial charge >= 0.3 is 0 Å². The molecule has 21 heavy (non-hydrogen) atoms. The van der Waals surface area contributed by atoms with E-state index in [2.05, 4.69) is 0 Å². The molecule has 0 saturated heterocycles. The lowest BCUT2D eigenvalue weighted by Gasteiger charge is -2.24. The van der Waals surface area contributed by atoms with Crippen LogP contribution in [-0.2, 0) is 5.60 Å². The molecule has 2 aromatic rings. The van der Waals surface area contributed by atoms with E-state index in [4.69, 9.17) is 9.47 Å². The lowest BCUT2D eigenvalue weighted by molar-refractivity contribution is 0.00685. The van der Waals surface area contributed by atoms with E-state index in [1.807, 2.05) is 30.3 Å². The van der Waals surface area contributed by atoms with Crippen molar-refractivity contribution in [3.8, 4) is 11.5 Å². The van der Waals surface area contributed by atoms with Gasteiger partial charge < -0.3 is 14.6 Å². The van der Waals surface area contributed by atoms with Crippen LogP contribution in [0.2, 0.25) is 0 Å². The molecular weight excluding hydrogens is 268 g/mol. The number of aliphatic hydroxyl groups is 1. The molecule has 4 nitrogen and oxygen atoms in total. The maximum absolute atomic E-state index is 10.8. The summed E-state index contributed by atoms with van der Waals surface area (Å²) in [6, 6.07) is 14.2. The van der Waals surface area contributed by atoms with Crippen molar-refractivity contribution in [1.82, 2.24) is 0 Å². The van der Waals surface area contributed by atoms with E-state index in [-0.39, 0.29) is 6.61 Å². The number of benzene rings is 2. The smallest absolute Gasteiger partial charge is 0.161 e. The summed E-state index contributed by atoms with van der Waals surface area (Å²) in [4.78, 5) is 10.8. The van der Waals surface area contributed by atoms with E-state index in [1.54, 1.807) is 25.1 Å². The standard InChI is InChI=1S/C17H18O4/c1-17(19,14-6-4-3-5-7-14)12-21-15-9-8-13(11-18)10-16(15)20-2/h3-11,19H,12H2,1-2H3. The summed E-state index contributed by atoms with van der Waals surface area (Å²) < 4.78 is 10.8. The molecule has 4 heteroatoms. The highest BCUT2D eigenvalue weighted by molar-refractivity contribution is 5.76. The molecule has 0 heterocycles. The SMILES string of the molecule is COc1cc(C=O)ccc1OCC(C)(O)c1ccccc1. The third-order valence-corrected chi connectivity index (χ3v) is 3.23. The minimum absolute atomic E-state index is 0.0772. The van der Waals surface area contributed by atoms with Crippen LogP contribution in [0.5, 0.6) is 11.5 Å². The summed E-state index contributed by atoms with van der Waals surface area (Å²) in [5.74, 6) is 0.947. The molecule has 0 saturated carbocycles. The van der Waals surface area contributed by atoms with Crippen molar-refractivity contribution in [3.05, 3.63) is 59.7 Å². The third-order valence-electron chi connectivity index (χ3n) is 3.23. The fraction of sp³-hybridized carbons (Fsp3) is 0.235. The molecule has 0 radical (unpaired) electrons. The maximum atomic E-state index is 10.8. The van der Waals surface area contributed by atoms with Crippen molar-refractivity contribution in [2.75, 3.05) is 13.7 Å². The number of rotatable bonds is 6. The molecule has 0 spiro atoms. The van der Waals surface area contributed by atoms with Crippen molar-refractivity contribution in [3.63, 3.8) is 0 Å². The Labute approximate surface area is 123 Å². The summed E-state index contributed by atoms with van der Waals surface area (Å²) in [6.45, 7) is 1.77. The Morgan fingerprint density at radius 2 is 1.86 bits per heavy atom. The predicted octanol–water partition coefficient (Wildman–Crippen LogP) is 2.79. The van der Waals surface area contributed by atoms with Gasteiger partial charge in [-0.05, 0) is 30.7 Å². The highest BCUT2D eigenvalue weighted by Gasteiger charge is 2.24. The number of aldehydes is 1. The quantitative estimate of drug-likeness (QED) is 0.830. The molecular formula is C17H18O4. The zero-order chi connectivity index (χ0) is 15.3. The molecule has 0 aliphatic heterocycles. The second kappa shape index (κ2) is 6.41. The molecule has 0 fully saturated rings. The minimum atomic E-state index is -1.12. The fourth-order valence-corrected chi connectivity index (χ4v) is 1.98. The summed E-state index contributed by atoms with van der Waals surface area (Å²) in [5, 5.41) is 10.5. The summed E-state index contributed by atoms with van der Waals surface area (Å²) >= 11 is 0. The highest BCUT2D eigenvalue weighted by atomic mass is 16.5. The second-order valence-electron chi connectivity index (χ2n) is 4.96. The van der Waals surface area contributed by atoms with Gasteiger partial charge in [0.05, 0.1) is 7.11 Å². The first-order valence-electron chi connectivity index (χ1n) is 6.61. The van der Waals surface area contributed by atoms with E-state index >= 15 is 0 Å². The molecule has 1 unspecified atom stereocenters. The number of hydrogen-bond donors (Lipinski definition) is 1. The minimum Gasteiger partial charge on any atom is -0.493 e. The number of ether oxygens (including phenoxy) is 2. The van der Waals surface area contributed by atoms with Gasteiger partial charge in [-0.1, -0.05) is 30.3 Å². The van der Waals surface area contributed by atoms with Crippen LogP contribution in [0, 0.1) is 0 Å². The Bertz CT molecular complexity index is 605. The van der Waals surface area contributed by atoms with Gasteiger partial charge in [0.1, 0.15) is 18.5 Å². The Morgan fingerprint density at radius 3 is 2.48 bits per heavy atom. The van der Waals surface area contributed by atoms with Crippen LogP contribution in [0.3, 0.4) is 0 Å². The lowest BCUT2D eigenvalue weighted by atomic mass is 9.97. The molecule has 0 aromatic heterocycles.